The standard InChI is InChI=1S/C22H22FN5O3/c1-21(2,3)31-20(29)28-10-4-8-22(23,13-28)19-27-16-11-14(5-6-17(16)30-19)18-25-9-7-15(12-24)26-18/h5-7,9,11H,4,8,10,13H2,1-3H3/t22-/m1/s1. The first-order chi connectivity index (χ1) is 14.7. The molecule has 8 nitrogen and oxygen atoms in total. The zero-order valence-electron chi connectivity index (χ0n) is 17.6. The SMILES string of the molecule is CC(C)(C)OC(=O)N1CCC[C@](F)(c2nc3cc(-c4nccc(C#N)n4)ccc3o2)C1. The van der Waals surface area contributed by atoms with E-state index >= 15 is 4.39 Å². The molecule has 1 atom stereocenters. The molecule has 3 heterocycles. The number of carbonyl (C=O) groups is 1. The molecule has 0 bridgehead atoms. The van der Waals surface area contributed by atoms with Crippen molar-refractivity contribution >= 4 is 17.2 Å². The largest absolute Gasteiger partial charge is 0.444 e. The lowest BCUT2D eigenvalue weighted by molar-refractivity contribution is -0.0140. The average Bonchev–Trinajstić information content (AvgIpc) is 3.17. The third-order valence-electron chi connectivity index (χ3n) is 4.89. The molecule has 9 heteroatoms. The van der Waals surface area contributed by atoms with Gasteiger partial charge in [-0.15, -0.1) is 0 Å². The first-order valence-electron chi connectivity index (χ1n) is 9.98. The molecule has 1 fully saturated rings. The lowest BCUT2D eigenvalue weighted by atomic mass is 9.95. The summed E-state index contributed by atoms with van der Waals surface area (Å²) in [4.78, 5) is 26.5. The zero-order chi connectivity index (χ0) is 22.2. The normalized spacial score (nSPS) is 19.3. The van der Waals surface area contributed by atoms with Crippen LogP contribution in [-0.4, -0.2) is 44.6 Å². The van der Waals surface area contributed by atoms with Crippen LogP contribution in [0, 0.1) is 11.3 Å². The lowest BCUT2D eigenvalue weighted by Gasteiger charge is -2.36. The van der Waals surface area contributed by atoms with E-state index in [0.29, 0.717) is 35.5 Å². The molecule has 1 amide bonds. The molecular weight excluding hydrogens is 401 g/mol. The maximum atomic E-state index is 15.8. The van der Waals surface area contributed by atoms with Gasteiger partial charge in [0, 0.05) is 18.3 Å². The summed E-state index contributed by atoms with van der Waals surface area (Å²) in [5.41, 5.74) is -0.821. The third kappa shape index (κ3) is 4.33. The molecule has 1 saturated heterocycles. The maximum absolute atomic E-state index is 15.8. The van der Waals surface area contributed by atoms with E-state index in [2.05, 4.69) is 15.0 Å². The number of amides is 1. The van der Waals surface area contributed by atoms with E-state index in [1.807, 2.05) is 6.07 Å². The number of nitrogens with zero attached hydrogens (tertiary/aromatic N) is 5. The first-order valence-corrected chi connectivity index (χ1v) is 9.98. The molecule has 1 aliphatic heterocycles. The van der Waals surface area contributed by atoms with E-state index in [-0.39, 0.29) is 24.6 Å². The van der Waals surface area contributed by atoms with Gasteiger partial charge in [-0.1, -0.05) is 0 Å². The fourth-order valence-corrected chi connectivity index (χ4v) is 3.49. The number of halogens is 1. The van der Waals surface area contributed by atoms with E-state index in [4.69, 9.17) is 14.4 Å². The van der Waals surface area contributed by atoms with Crippen molar-refractivity contribution in [1.82, 2.24) is 19.9 Å². The number of hydrogen-bond acceptors (Lipinski definition) is 7. The first kappa shape index (κ1) is 20.7. The molecule has 3 aromatic rings. The lowest BCUT2D eigenvalue weighted by Crippen LogP contribution is -2.48. The highest BCUT2D eigenvalue weighted by atomic mass is 19.1. The van der Waals surface area contributed by atoms with Gasteiger partial charge in [0.25, 0.3) is 0 Å². The third-order valence-corrected chi connectivity index (χ3v) is 4.89. The number of rotatable bonds is 2. The summed E-state index contributed by atoms with van der Waals surface area (Å²) in [6.07, 6.45) is 1.61. The highest BCUT2D eigenvalue weighted by Crippen LogP contribution is 2.37. The second-order valence-electron chi connectivity index (χ2n) is 8.55. The summed E-state index contributed by atoms with van der Waals surface area (Å²) in [5, 5.41) is 9.03. The molecule has 0 saturated carbocycles. The number of aromatic nitrogens is 3. The van der Waals surface area contributed by atoms with Crippen LogP contribution in [0.1, 0.15) is 45.2 Å². The van der Waals surface area contributed by atoms with Gasteiger partial charge in [-0.05, 0) is 57.9 Å². The molecule has 160 valence electrons. The minimum absolute atomic E-state index is 0.0698. The quantitative estimate of drug-likeness (QED) is 0.603. The predicted octanol–water partition coefficient (Wildman–Crippen LogP) is 4.35. The van der Waals surface area contributed by atoms with Gasteiger partial charge in [0.1, 0.15) is 22.9 Å². The van der Waals surface area contributed by atoms with E-state index in [9.17, 15) is 4.79 Å². The van der Waals surface area contributed by atoms with Crippen LogP contribution in [0.2, 0.25) is 0 Å². The van der Waals surface area contributed by atoms with Crippen molar-refractivity contribution in [3.05, 3.63) is 42.0 Å². The molecular formula is C22H22FN5O3. The predicted molar refractivity (Wildman–Crippen MR) is 110 cm³/mol. The Morgan fingerprint density at radius 1 is 1.32 bits per heavy atom. The number of hydrogen-bond donors (Lipinski definition) is 0. The van der Waals surface area contributed by atoms with Crippen molar-refractivity contribution in [1.29, 1.82) is 5.26 Å². The van der Waals surface area contributed by atoms with Crippen LogP contribution in [0.5, 0.6) is 0 Å². The van der Waals surface area contributed by atoms with Crippen molar-refractivity contribution < 1.29 is 18.3 Å². The Kier molecular flexibility index (Phi) is 5.09. The Morgan fingerprint density at radius 2 is 2.13 bits per heavy atom. The number of nitriles is 1. The molecule has 1 aliphatic rings. The van der Waals surface area contributed by atoms with Gasteiger partial charge in [0.05, 0.1) is 6.54 Å². The fraction of sp³-hybridized carbons (Fsp3) is 0.409. The molecule has 0 spiro atoms. The van der Waals surface area contributed by atoms with Gasteiger partial charge in [-0.3, -0.25) is 0 Å². The summed E-state index contributed by atoms with van der Waals surface area (Å²) in [6, 6.07) is 8.58. The molecule has 4 rings (SSSR count). The molecule has 0 unspecified atom stereocenters. The smallest absolute Gasteiger partial charge is 0.410 e. The second kappa shape index (κ2) is 7.61. The monoisotopic (exact) mass is 423 g/mol. The minimum Gasteiger partial charge on any atom is -0.444 e. The van der Waals surface area contributed by atoms with Crippen molar-refractivity contribution in [3.63, 3.8) is 0 Å². The Balaban J connectivity index is 1.61. The van der Waals surface area contributed by atoms with Gasteiger partial charge in [-0.2, -0.15) is 5.26 Å². The van der Waals surface area contributed by atoms with Crippen LogP contribution in [0.25, 0.3) is 22.5 Å². The number of benzene rings is 1. The summed E-state index contributed by atoms with van der Waals surface area (Å²) in [5.74, 6) is 0.300. The second-order valence-corrected chi connectivity index (χ2v) is 8.55. The number of alkyl halides is 1. The number of likely N-dealkylation sites (tertiary alicyclic amines) is 1. The van der Waals surface area contributed by atoms with Gasteiger partial charge in [0.15, 0.2) is 11.4 Å². The van der Waals surface area contributed by atoms with Crippen LogP contribution in [-0.2, 0) is 10.4 Å². The topological polar surface area (TPSA) is 105 Å². The van der Waals surface area contributed by atoms with Crippen LogP contribution in [0.15, 0.2) is 34.9 Å². The molecule has 1 aromatic carbocycles. The molecule has 0 radical (unpaired) electrons. The Bertz CT molecular complexity index is 1180. The zero-order valence-corrected chi connectivity index (χ0v) is 17.6. The Labute approximate surface area is 178 Å². The van der Waals surface area contributed by atoms with E-state index < -0.39 is 17.4 Å². The average molecular weight is 423 g/mol. The Morgan fingerprint density at radius 3 is 2.87 bits per heavy atom. The highest BCUT2D eigenvalue weighted by molar-refractivity contribution is 5.79. The molecule has 2 aromatic heterocycles. The number of oxazole rings is 1. The molecule has 0 aliphatic carbocycles. The van der Waals surface area contributed by atoms with E-state index in [1.165, 1.54) is 17.2 Å². The van der Waals surface area contributed by atoms with E-state index in [0.717, 1.165) is 0 Å². The fourth-order valence-electron chi connectivity index (χ4n) is 3.49. The van der Waals surface area contributed by atoms with Crippen molar-refractivity contribution in [2.24, 2.45) is 0 Å². The minimum atomic E-state index is -1.91. The van der Waals surface area contributed by atoms with Crippen molar-refractivity contribution in [2.45, 2.75) is 44.9 Å². The van der Waals surface area contributed by atoms with Gasteiger partial charge >= 0.3 is 6.09 Å². The van der Waals surface area contributed by atoms with E-state index in [1.54, 1.807) is 39.0 Å². The highest BCUT2D eigenvalue weighted by Gasteiger charge is 2.44. The van der Waals surface area contributed by atoms with Crippen LogP contribution >= 0.6 is 0 Å². The van der Waals surface area contributed by atoms with Crippen molar-refractivity contribution in [3.8, 4) is 17.5 Å². The summed E-state index contributed by atoms with van der Waals surface area (Å²) < 4.78 is 26.9. The number of carbonyl (C=O) groups excluding carboxylic acids is 1. The summed E-state index contributed by atoms with van der Waals surface area (Å²) in [7, 11) is 0. The van der Waals surface area contributed by atoms with Crippen LogP contribution in [0.3, 0.4) is 0 Å². The van der Waals surface area contributed by atoms with Crippen LogP contribution < -0.4 is 0 Å². The summed E-state index contributed by atoms with van der Waals surface area (Å²) in [6.45, 7) is 5.54. The number of ether oxygens (including phenoxy) is 1. The van der Waals surface area contributed by atoms with Crippen LogP contribution in [0.4, 0.5) is 9.18 Å². The van der Waals surface area contributed by atoms with Gasteiger partial charge in [0.2, 0.25) is 11.6 Å². The number of piperidine rings is 1. The number of fused-ring (bicyclic) bond motifs is 1. The van der Waals surface area contributed by atoms with Gasteiger partial charge < -0.3 is 14.1 Å². The Hall–Kier alpha value is -3.54. The molecule has 31 heavy (non-hydrogen) atoms. The van der Waals surface area contributed by atoms with Crippen molar-refractivity contribution in [2.75, 3.05) is 13.1 Å². The summed E-state index contributed by atoms with van der Waals surface area (Å²) >= 11 is 0. The molecule has 0 N–H and O–H groups in total. The van der Waals surface area contributed by atoms with Gasteiger partial charge in [-0.25, -0.2) is 24.1 Å². The maximum Gasteiger partial charge on any atom is 0.410 e.